The Hall–Kier alpha value is -1.28. The molecule has 0 aliphatic rings. The SMILES string of the molecule is Cc1ccc2nc(-c3ccc(Br)cc3)sc2c1S(=O)(=O)O. The minimum Gasteiger partial charge on any atom is -0.282 e. The Morgan fingerprint density at radius 2 is 1.81 bits per heavy atom. The average molecular weight is 384 g/mol. The summed E-state index contributed by atoms with van der Waals surface area (Å²) in [5.74, 6) is 0. The van der Waals surface area contributed by atoms with E-state index in [1.165, 1.54) is 11.3 Å². The van der Waals surface area contributed by atoms with Gasteiger partial charge in [0.15, 0.2) is 0 Å². The number of aromatic nitrogens is 1. The van der Waals surface area contributed by atoms with Gasteiger partial charge in [0.05, 0.1) is 10.2 Å². The van der Waals surface area contributed by atoms with Crippen molar-refractivity contribution in [1.29, 1.82) is 0 Å². The first-order valence-corrected chi connectivity index (χ1v) is 9.05. The lowest BCUT2D eigenvalue weighted by Gasteiger charge is -2.02. The summed E-state index contributed by atoms with van der Waals surface area (Å²) in [4.78, 5) is 4.40. The van der Waals surface area contributed by atoms with Crippen molar-refractivity contribution < 1.29 is 13.0 Å². The molecule has 0 saturated heterocycles. The molecule has 0 aliphatic carbocycles. The Kier molecular flexibility index (Phi) is 3.61. The number of fused-ring (bicyclic) bond motifs is 1. The van der Waals surface area contributed by atoms with Gasteiger partial charge < -0.3 is 0 Å². The van der Waals surface area contributed by atoms with Crippen LogP contribution in [0.15, 0.2) is 45.8 Å². The van der Waals surface area contributed by atoms with Gasteiger partial charge in [0.25, 0.3) is 10.1 Å². The Labute approximate surface area is 134 Å². The summed E-state index contributed by atoms with van der Waals surface area (Å²) in [5, 5.41) is 0.716. The highest BCUT2D eigenvalue weighted by atomic mass is 79.9. The third-order valence-electron chi connectivity index (χ3n) is 3.06. The summed E-state index contributed by atoms with van der Waals surface area (Å²) < 4.78 is 34.0. The van der Waals surface area contributed by atoms with Gasteiger partial charge in [-0.3, -0.25) is 4.55 Å². The van der Waals surface area contributed by atoms with E-state index in [2.05, 4.69) is 20.9 Å². The molecular weight excluding hydrogens is 374 g/mol. The highest BCUT2D eigenvalue weighted by molar-refractivity contribution is 9.10. The van der Waals surface area contributed by atoms with Gasteiger partial charge in [0.2, 0.25) is 0 Å². The van der Waals surface area contributed by atoms with E-state index >= 15 is 0 Å². The number of benzene rings is 2. The molecule has 0 amide bonds. The van der Waals surface area contributed by atoms with Crippen molar-refractivity contribution >= 4 is 47.6 Å². The minimum absolute atomic E-state index is 0.0548. The molecule has 0 saturated carbocycles. The van der Waals surface area contributed by atoms with Crippen molar-refractivity contribution in [2.24, 2.45) is 0 Å². The molecule has 1 N–H and O–H groups in total. The zero-order valence-corrected chi connectivity index (χ0v) is 14.1. The number of thiazole rings is 1. The predicted molar refractivity (Wildman–Crippen MR) is 87.3 cm³/mol. The molecule has 2 aromatic carbocycles. The molecule has 3 rings (SSSR count). The first kappa shape index (κ1) is 14.6. The molecule has 7 heteroatoms. The second-order valence-corrected chi connectivity index (χ2v) is 7.83. The van der Waals surface area contributed by atoms with Crippen molar-refractivity contribution in [2.45, 2.75) is 11.8 Å². The zero-order valence-electron chi connectivity index (χ0n) is 10.9. The van der Waals surface area contributed by atoms with Crippen LogP contribution < -0.4 is 0 Å². The molecule has 108 valence electrons. The second-order valence-electron chi connectivity index (χ2n) is 4.56. The highest BCUT2D eigenvalue weighted by Crippen LogP contribution is 2.35. The zero-order chi connectivity index (χ0) is 15.2. The van der Waals surface area contributed by atoms with E-state index in [4.69, 9.17) is 0 Å². The van der Waals surface area contributed by atoms with E-state index in [9.17, 15) is 13.0 Å². The topological polar surface area (TPSA) is 67.3 Å². The first-order valence-electron chi connectivity index (χ1n) is 6.00. The smallest absolute Gasteiger partial charge is 0.282 e. The molecule has 4 nitrogen and oxygen atoms in total. The van der Waals surface area contributed by atoms with Gasteiger partial charge in [-0.05, 0) is 30.7 Å². The van der Waals surface area contributed by atoms with E-state index in [-0.39, 0.29) is 4.90 Å². The van der Waals surface area contributed by atoms with Gasteiger partial charge in [0, 0.05) is 10.0 Å². The van der Waals surface area contributed by atoms with Crippen LogP contribution in [0.3, 0.4) is 0 Å². The summed E-state index contributed by atoms with van der Waals surface area (Å²) in [5.41, 5.74) is 1.98. The molecule has 0 bridgehead atoms. The summed E-state index contributed by atoms with van der Waals surface area (Å²) in [6.07, 6.45) is 0. The Morgan fingerprint density at radius 1 is 1.14 bits per heavy atom. The molecule has 0 atom stereocenters. The second kappa shape index (κ2) is 5.17. The van der Waals surface area contributed by atoms with Crippen LogP contribution in [-0.2, 0) is 10.1 Å². The Balaban J connectivity index is 2.28. The van der Waals surface area contributed by atoms with Gasteiger partial charge in [-0.2, -0.15) is 8.42 Å². The summed E-state index contributed by atoms with van der Waals surface area (Å²) >= 11 is 4.63. The molecule has 0 aliphatic heterocycles. The normalized spacial score (nSPS) is 12.0. The fraction of sp³-hybridized carbons (Fsp3) is 0.0714. The van der Waals surface area contributed by atoms with Crippen molar-refractivity contribution in [1.82, 2.24) is 4.98 Å². The van der Waals surface area contributed by atoms with E-state index < -0.39 is 10.1 Å². The molecule has 1 aromatic heterocycles. The number of aryl methyl sites for hydroxylation is 1. The molecule has 0 spiro atoms. The van der Waals surface area contributed by atoms with Crippen LogP contribution in [0.4, 0.5) is 0 Å². The molecule has 21 heavy (non-hydrogen) atoms. The van der Waals surface area contributed by atoms with Crippen molar-refractivity contribution in [3.05, 3.63) is 46.4 Å². The van der Waals surface area contributed by atoms with E-state index in [0.29, 0.717) is 20.8 Å². The summed E-state index contributed by atoms with van der Waals surface area (Å²) in [6.45, 7) is 1.65. The number of rotatable bonds is 2. The predicted octanol–water partition coefficient (Wildman–Crippen LogP) is 4.28. The molecule has 1 heterocycles. The van der Waals surface area contributed by atoms with Crippen molar-refractivity contribution in [3.8, 4) is 10.6 Å². The standard InChI is InChI=1S/C14H10BrNO3S2/c1-8-2-7-11-12(13(8)21(17,18)19)20-14(16-11)9-3-5-10(15)6-4-9/h2-7H,1H3,(H,17,18,19). The van der Waals surface area contributed by atoms with Gasteiger partial charge >= 0.3 is 0 Å². The lowest BCUT2D eigenvalue weighted by Crippen LogP contribution is -2.00. The van der Waals surface area contributed by atoms with Crippen LogP contribution >= 0.6 is 27.3 Å². The molecule has 0 fully saturated rings. The van der Waals surface area contributed by atoms with Gasteiger partial charge in [0.1, 0.15) is 9.90 Å². The number of halogens is 1. The quantitative estimate of drug-likeness (QED) is 0.670. The van der Waals surface area contributed by atoms with E-state index in [0.717, 1.165) is 10.0 Å². The van der Waals surface area contributed by atoms with Crippen molar-refractivity contribution in [3.63, 3.8) is 0 Å². The van der Waals surface area contributed by atoms with Gasteiger partial charge in [-0.1, -0.05) is 34.1 Å². The fourth-order valence-electron chi connectivity index (χ4n) is 2.10. The number of hydrogen-bond donors (Lipinski definition) is 1. The number of hydrogen-bond acceptors (Lipinski definition) is 4. The fourth-order valence-corrected chi connectivity index (χ4v) is 4.69. The van der Waals surface area contributed by atoms with E-state index in [1.807, 2.05) is 24.3 Å². The maximum Gasteiger partial charge on any atom is 0.296 e. The molecular formula is C14H10BrNO3S2. The maximum absolute atomic E-state index is 11.6. The summed E-state index contributed by atoms with van der Waals surface area (Å²) in [6, 6.07) is 11.0. The lowest BCUT2D eigenvalue weighted by molar-refractivity contribution is 0.484. The largest absolute Gasteiger partial charge is 0.296 e. The Morgan fingerprint density at radius 3 is 2.43 bits per heavy atom. The first-order chi connectivity index (χ1) is 9.86. The van der Waals surface area contributed by atoms with Crippen LogP contribution in [0.2, 0.25) is 0 Å². The Bertz CT molecular complexity index is 931. The van der Waals surface area contributed by atoms with Crippen LogP contribution in [0.1, 0.15) is 5.56 Å². The van der Waals surface area contributed by atoms with Crippen molar-refractivity contribution in [2.75, 3.05) is 0 Å². The van der Waals surface area contributed by atoms with Crippen LogP contribution in [0.5, 0.6) is 0 Å². The minimum atomic E-state index is -4.27. The molecule has 3 aromatic rings. The average Bonchev–Trinajstić information content (AvgIpc) is 2.81. The summed E-state index contributed by atoms with van der Waals surface area (Å²) in [7, 11) is -4.27. The number of nitrogens with zero attached hydrogens (tertiary/aromatic N) is 1. The highest BCUT2D eigenvalue weighted by Gasteiger charge is 2.20. The van der Waals surface area contributed by atoms with Gasteiger partial charge in [-0.15, -0.1) is 11.3 Å². The third kappa shape index (κ3) is 2.74. The lowest BCUT2D eigenvalue weighted by atomic mass is 10.2. The maximum atomic E-state index is 11.6. The van der Waals surface area contributed by atoms with Gasteiger partial charge in [-0.25, -0.2) is 4.98 Å². The van der Waals surface area contributed by atoms with Crippen LogP contribution in [0.25, 0.3) is 20.8 Å². The molecule has 0 unspecified atom stereocenters. The third-order valence-corrected chi connectivity index (χ3v) is 5.90. The van der Waals surface area contributed by atoms with Crippen LogP contribution in [-0.4, -0.2) is 18.0 Å². The monoisotopic (exact) mass is 383 g/mol. The van der Waals surface area contributed by atoms with E-state index in [1.54, 1.807) is 19.1 Å². The molecule has 0 radical (unpaired) electrons. The van der Waals surface area contributed by atoms with Crippen LogP contribution in [0, 0.1) is 6.92 Å².